The molecule has 0 saturated carbocycles. The Kier molecular flexibility index (Phi) is 5.86. The number of pyridine rings is 2. The average molecular weight is 374 g/mol. The average Bonchev–Trinajstić information content (AvgIpc) is 2.73. The summed E-state index contributed by atoms with van der Waals surface area (Å²) in [6.07, 6.45) is 4.72. The number of aromatic nitrogens is 2. The number of anilines is 1. The Bertz CT molecular complexity index is 1020. The molecule has 2 amide bonds. The summed E-state index contributed by atoms with van der Waals surface area (Å²) >= 11 is 0. The van der Waals surface area contributed by atoms with Crippen molar-refractivity contribution in [2.45, 2.75) is 13.5 Å². The van der Waals surface area contributed by atoms with Gasteiger partial charge in [0, 0.05) is 41.9 Å². The van der Waals surface area contributed by atoms with Crippen LogP contribution in [-0.4, -0.2) is 27.6 Å². The van der Waals surface area contributed by atoms with Gasteiger partial charge < -0.3 is 10.6 Å². The van der Waals surface area contributed by atoms with Gasteiger partial charge in [0.1, 0.15) is 5.69 Å². The van der Waals surface area contributed by atoms with Crippen molar-refractivity contribution < 1.29 is 14.4 Å². The van der Waals surface area contributed by atoms with E-state index in [0.29, 0.717) is 17.8 Å². The van der Waals surface area contributed by atoms with Crippen LogP contribution in [0.1, 0.15) is 43.7 Å². The van der Waals surface area contributed by atoms with E-state index in [1.54, 1.807) is 42.7 Å². The number of hydrogen-bond donors (Lipinski definition) is 2. The predicted octanol–water partition coefficient (Wildman–Crippen LogP) is 2.86. The summed E-state index contributed by atoms with van der Waals surface area (Å²) in [5, 5.41) is 5.46. The fourth-order valence-electron chi connectivity index (χ4n) is 2.49. The standard InChI is InChI=1S/C21H18N4O3/c1-14(26)16-5-2-6-18(10-16)25-20(27)17-7-9-23-19(11-17)21(28)24-13-15-4-3-8-22-12-15/h2-12H,13H2,1H3,(H,24,28)(H,25,27). The molecule has 0 saturated heterocycles. The lowest BCUT2D eigenvalue weighted by Crippen LogP contribution is -2.24. The van der Waals surface area contributed by atoms with Gasteiger partial charge >= 0.3 is 0 Å². The van der Waals surface area contributed by atoms with E-state index in [2.05, 4.69) is 20.6 Å². The highest BCUT2D eigenvalue weighted by atomic mass is 16.2. The van der Waals surface area contributed by atoms with Crippen LogP contribution < -0.4 is 10.6 Å². The van der Waals surface area contributed by atoms with Gasteiger partial charge in [-0.15, -0.1) is 0 Å². The number of rotatable bonds is 6. The molecule has 3 rings (SSSR count). The van der Waals surface area contributed by atoms with Crippen LogP contribution in [0.5, 0.6) is 0 Å². The lowest BCUT2D eigenvalue weighted by Gasteiger charge is -2.08. The van der Waals surface area contributed by atoms with Gasteiger partial charge in [-0.1, -0.05) is 18.2 Å². The molecule has 0 atom stereocenters. The number of ketones is 1. The van der Waals surface area contributed by atoms with Crippen LogP contribution >= 0.6 is 0 Å². The maximum absolute atomic E-state index is 12.5. The molecule has 0 bridgehead atoms. The number of nitrogens with zero attached hydrogens (tertiary/aromatic N) is 2. The second-order valence-corrected chi connectivity index (χ2v) is 6.06. The molecule has 7 heteroatoms. The maximum atomic E-state index is 12.5. The summed E-state index contributed by atoms with van der Waals surface area (Å²) in [6.45, 7) is 1.77. The van der Waals surface area contributed by atoms with Crippen molar-refractivity contribution in [2.75, 3.05) is 5.32 Å². The minimum Gasteiger partial charge on any atom is -0.347 e. The third-order valence-electron chi connectivity index (χ3n) is 3.96. The van der Waals surface area contributed by atoms with Gasteiger partial charge in [-0.25, -0.2) is 0 Å². The Hall–Kier alpha value is -3.87. The number of carbonyl (C=O) groups excluding carboxylic acids is 3. The minimum atomic E-state index is -0.399. The molecule has 0 unspecified atom stereocenters. The van der Waals surface area contributed by atoms with E-state index < -0.39 is 11.8 Å². The van der Waals surface area contributed by atoms with Crippen LogP contribution in [0.15, 0.2) is 67.1 Å². The monoisotopic (exact) mass is 374 g/mol. The highest BCUT2D eigenvalue weighted by molar-refractivity contribution is 6.06. The normalized spacial score (nSPS) is 10.2. The highest BCUT2D eigenvalue weighted by Gasteiger charge is 2.12. The molecule has 0 fully saturated rings. The zero-order valence-electron chi connectivity index (χ0n) is 15.2. The third-order valence-corrected chi connectivity index (χ3v) is 3.96. The van der Waals surface area contributed by atoms with Crippen molar-refractivity contribution in [3.63, 3.8) is 0 Å². The third kappa shape index (κ3) is 4.85. The van der Waals surface area contributed by atoms with Crippen LogP contribution in [0, 0.1) is 0 Å². The number of Topliss-reactive ketones (excluding diaryl/α,β-unsaturated/α-hetero) is 1. The van der Waals surface area contributed by atoms with Crippen molar-refractivity contribution in [1.29, 1.82) is 0 Å². The van der Waals surface area contributed by atoms with E-state index in [1.807, 2.05) is 6.07 Å². The lowest BCUT2D eigenvalue weighted by atomic mass is 10.1. The van der Waals surface area contributed by atoms with Gasteiger partial charge in [0.05, 0.1) is 0 Å². The summed E-state index contributed by atoms with van der Waals surface area (Å²) in [4.78, 5) is 44.3. The van der Waals surface area contributed by atoms with E-state index in [1.165, 1.54) is 25.3 Å². The lowest BCUT2D eigenvalue weighted by molar-refractivity contribution is 0.0945. The molecule has 28 heavy (non-hydrogen) atoms. The molecule has 0 aliphatic heterocycles. The second kappa shape index (κ2) is 8.68. The Balaban J connectivity index is 1.68. The number of nitrogens with one attached hydrogen (secondary N) is 2. The van der Waals surface area contributed by atoms with Crippen LogP contribution in [0.2, 0.25) is 0 Å². The summed E-state index contributed by atoms with van der Waals surface area (Å²) < 4.78 is 0. The largest absolute Gasteiger partial charge is 0.347 e. The van der Waals surface area contributed by atoms with Crippen molar-refractivity contribution in [3.05, 3.63) is 89.5 Å². The molecule has 140 valence electrons. The van der Waals surface area contributed by atoms with Crippen LogP contribution in [0.25, 0.3) is 0 Å². The van der Waals surface area contributed by atoms with Gasteiger partial charge in [0.2, 0.25) is 0 Å². The van der Waals surface area contributed by atoms with Crippen molar-refractivity contribution in [3.8, 4) is 0 Å². The summed E-state index contributed by atoms with van der Waals surface area (Å²) in [5.41, 5.74) is 2.28. The zero-order valence-corrected chi connectivity index (χ0v) is 15.2. The fourth-order valence-corrected chi connectivity index (χ4v) is 2.49. The Morgan fingerprint density at radius 1 is 0.929 bits per heavy atom. The molecule has 0 aliphatic carbocycles. The molecule has 2 aromatic heterocycles. The molecule has 0 spiro atoms. The topological polar surface area (TPSA) is 101 Å². The number of carbonyl (C=O) groups is 3. The molecular weight excluding hydrogens is 356 g/mol. The first kappa shape index (κ1) is 18.9. The van der Waals surface area contributed by atoms with Crippen LogP contribution in [-0.2, 0) is 6.54 Å². The summed E-state index contributed by atoms with van der Waals surface area (Å²) in [5.74, 6) is -0.880. The molecule has 1 aromatic carbocycles. The van der Waals surface area contributed by atoms with E-state index in [4.69, 9.17) is 0 Å². The van der Waals surface area contributed by atoms with Gasteiger partial charge in [0.25, 0.3) is 11.8 Å². The predicted molar refractivity (Wildman–Crippen MR) is 104 cm³/mol. The smallest absolute Gasteiger partial charge is 0.270 e. The van der Waals surface area contributed by atoms with Gasteiger partial charge in [-0.3, -0.25) is 24.4 Å². The first-order chi connectivity index (χ1) is 13.5. The van der Waals surface area contributed by atoms with Crippen molar-refractivity contribution in [2.24, 2.45) is 0 Å². The SMILES string of the molecule is CC(=O)c1cccc(NC(=O)c2ccnc(C(=O)NCc3cccnc3)c2)c1. The van der Waals surface area contributed by atoms with Gasteiger partial charge in [0.15, 0.2) is 5.78 Å². The Morgan fingerprint density at radius 2 is 1.79 bits per heavy atom. The second-order valence-electron chi connectivity index (χ2n) is 6.06. The molecule has 0 radical (unpaired) electrons. The maximum Gasteiger partial charge on any atom is 0.270 e. The zero-order chi connectivity index (χ0) is 19.9. The van der Waals surface area contributed by atoms with Gasteiger partial charge in [-0.2, -0.15) is 0 Å². The van der Waals surface area contributed by atoms with Crippen LogP contribution in [0.4, 0.5) is 5.69 Å². The Labute approximate surface area is 161 Å². The number of hydrogen-bond acceptors (Lipinski definition) is 5. The minimum absolute atomic E-state index is 0.0902. The summed E-state index contributed by atoms with van der Waals surface area (Å²) in [6, 6.07) is 13.2. The quantitative estimate of drug-likeness (QED) is 0.646. The molecule has 7 nitrogen and oxygen atoms in total. The Morgan fingerprint density at radius 3 is 2.54 bits per heavy atom. The van der Waals surface area contributed by atoms with Gasteiger partial charge in [-0.05, 0) is 42.8 Å². The van der Waals surface area contributed by atoms with E-state index >= 15 is 0 Å². The van der Waals surface area contributed by atoms with Crippen molar-refractivity contribution >= 4 is 23.3 Å². The molecule has 3 aromatic rings. The van der Waals surface area contributed by atoms with E-state index in [0.717, 1.165) is 5.56 Å². The first-order valence-corrected chi connectivity index (χ1v) is 8.58. The summed E-state index contributed by atoms with van der Waals surface area (Å²) in [7, 11) is 0. The molecule has 2 heterocycles. The molecular formula is C21H18N4O3. The fraction of sp³-hybridized carbons (Fsp3) is 0.0952. The number of amides is 2. The number of benzene rings is 1. The van der Waals surface area contributed by atoms with Crippen molar-refractivity contribution in [1.82, 2.24) is 15.3 Å². The first-order valence-electron chi connectivity index (χ1n) is 8.58. The highest BCUT2D eigenvalue weighted by Crippen LogP contribution is 2.13. The van der Waals surface area contributed by atoms with E-state index in [9.17, 15) is 14.4 Å². The molecule has 2 N–H and O–H groups in total. The van der Waals surface area contributed by atoms with Crippen LogP contribution in [0.3, 0.4) is 0 Å². The van der Waals surface area contributed by atoms with E-state index in [-0.39, 0.29) is 17.0 Å². The molecule has 0 aliphatic rings.